The molecule has 4 heteroatoms. The largest absolute Gasteiger partial charge is 0.481 e. The number of carboxylic acid groups (broad SMARTS) is 1. The molecule has 2 aliphatic rings. The van der Waals surface area contributed by atoms with Crippen molar-refractivity contribution in [2.45, 2.75) is 50.2 Å². The summed E-state index contributed by atoms with van der Waals surface area (Å²) in [7, 11) is -0.782. The summed E-state index contributed by atoms with van der Waals surface area (Å²) in [5.41, 5.74) is -0.0979. The number of rotatable bonds is 5. The summed E-state index contributed by atoms with van der Waals surface area (Å²) in [5.74, 6) is -0.111. The van der Waals surface area contributed by atoms with Crippen LogP contribution in [0.4, 0.5) is 0 Å². The Bertz CT molecular complexity index is 278. The molecular weight excluding hydrogens is 212 g/mol. The normalized spacial score (nSPS) is 26.4. The van der Waals surface area contributed by atoms with Gasteiger partial charge in [0.1, 0.15) is 0 Å². The monoisotopic (exact) mass is 230 g/mol. The van der Waals surface area contributed by atoms with Crippen molar-refractivity contribution >= 4 is 16.8 Å². The summed E-state index contributed by atoms with van der Waals surface area (Å²) in [5, 5.41) is 9.13. The Morgan fingerprint density at radius 2 is 1.93 bits per heavy atom. The molecule has 1 atom stereocenters. The van der Waals surface area contributed by atoms with E-state index < -0.39 is 16.8 Å². The van der Waals surface area contributed by atoms with E-state index >= 15 is 0 Å². The second kappa shape index (κ2) is 4.24. The van der Waals surface area contributed by atoms with Gasteiger partial charge in [-0.2, -0.15) is 0 Å². The number of hydrogen-bond acceptors (Lipinski definition) is 2. The number of carboxylic acids is 1. The van der Waals surface area contributed by atoms with E-state index in [9.17, 15) is 9.00 Å². The predicted octanol–water partition coefficient (Wildman–Crippen LogP) is 1.93. The Morgan fingerprint density at radius 3 is 2.40 bits per heavy atom. The van der Waals surface area contributed by atoms with E-state index in [0.29, 0.717) is 11.0 Å². The molecule has 0 spiro atoms. The smallest absolute Gasteiger partial charge is 0.303 e. The fraction of sp³-hybridized carbons (Fsp3) is 0.909. The minimum atomic E-state index is -0.782. The standard InChI is InChI=1S/C11H18O3S/c12-10(13)7-11(5-6-11)8-15(14)9-3-1-2-4-9/h9H,1-8H2,(H,12,13). The molecule has 0 amide bonds. The van der Waals surface area contributed by atoms with Crippen LogP contribution in [0.15, 0.2) is 0 Å². The van der Waals surface area contributed by atoms with E-state index in [-0.39, 0.29) is 11.8 Å². The first-order chi connectivity index (χ1) is 7.11. The fourth-order valence-corrected chi connectivity index (χ4v) is 4.53. The fourth-order valence-electron chi connectivity index (χ4n) is 2.44. The van der Waals surface area contributed by atoms with Gasteiger partial charge < -0.3 is 5.11 Å². The molecule has 2 saturated carbocycles. The predicted molar refractivity (Wildman–Crippen MR) is 59.2 cm³/mol. The molecule has 0 aliphatic heterocycles. The van der Waals surface area contributed by atoms with Gasteiger partial charge in [0.2, 0.25) is 0 Å². The van der Waals surface area contributed by atoms with Gasteiger partial charge in [0.25, 0.3) is 0 Å². The lowest BCUT2D eigenvalue weighted by Gasteiger charge is -2.15. The lowest BCUT2D eigenvalue weighted by Crippen LogP contribution is -2.22. The molecule has 1 N–H and O–H groups in total. The molecule has 2 rings (SSSR count). The van der Waals surface area contributed by atoms with Crippen LogP contribution in [0, 0.1) is 5.41 Å². The quantitative estimate of drug-likeness (QED) is 0.785. The van der Waals surface area contributed by atoms with E-state index in [1.165, 1.54) is 12.8 Å². The van der Waals surface area contributed by atoms with Gasteiger partial charge in [-0.05, 0) is 31.1 Å². The van der Waals surface area contributed by atoms with Crippen LogP contribution in [0.2, 0.25) is 0 Å². The van der Waals surface area contributed by atoms with Crippen LogP contribution in [0.1, 0.15) is 44.9 Å². The molecule has 0 aromatic rings. The summed E-state index contributed by atoms with van der Waals surface area (Å²) < 4.78 is 12.0. The first kappa shape index (κ1) is 11.1. The molecule has 1 unspecified atom stereocenters. The zero-order valence-corrected chi connectivity index (χ0v) is 9.72. The van der Waals surface area contributed by atoms with Gasteiger partial charge in [-0.1, -0.05) is 12.8 Å². The van der Waals surface area contributed by atoms with E-state index in [1.807, 2.05) is 0 Å². The zero-order chi connectivity index (χ0) is 10.9. The van der Waals surface area contributed by atoms with Crippen molar-refractivity contribution in [2.75, 3.05) is 5.75 Å². The maximum absolute atomic E-state index is 12.0. The molecule has 3 nitrogen and oxygen atoms in total. The van der Waals surface area contributed by atoms with Gasteiger partial charge in [0.05, 0.1) is 6.42 Å². The van der Waals surface area contributed by atoms with Gasteiger partial charge >= 0.3 is 5.97 Å². The number of hydrogen-bond donors (Lipinski definition) is 1. The molecule has 0 bridgehead atoms. The van der Waals surface area contributed by atoms with Crippen LogP contribution in [0.5, 0.6) is 0 Å². The van der Waals surface area contributed by atoms with Crippen LogP contribution in [0.25, 0.3) is 0 Å². The third kappa shape index (κ3) is 2.80. The van der Waals surface area contributed by atoms with Gasteiger partial charge in [-0.25, -0.2) is 0 Å². The van der Waals surface area contributed by atoms with Crippen molar-refractivity contribution in [3.63, 3.8) is 0 Å². The molecule has 86 valence electrons. The van der Waals surface area contributed by atoms with Crippen molar-refractivity contribution in [1.29, 1.82) is 0 Å². The Labute approximate surface area is 92.7 Å². The summed E-state index contributed by atoms with van der Waals surface area (Å²) in [6, 6.07) is 0. The molecule has 2 aliphatic carbocycles. The number of carbonyl (C=O) groups is 1. The summed E-state index contributed by atoms with van der Waals surface area (Å²) in [6.45, 7) is 0. The van der Waals surface area contributed by atoms with Gasteiger partial charge in [0, 0.05) is 21.8 Å². The Kier molecular flexibility index (Phi) is 3.14. The maximum atomic E-state index is 12.0. The van der Waals surface area contributed by atoms with Crippen molar-refractivity contribution < 1.29 is 14.1 Å². The van der Waals surface area contributed by atoms with Crippen molar-refractivity contribution in [3.8, 4) is 0 Å². The highest BCUT2D eigenvalue weighted by molar-refractivity contribution is 7.85. The van der Waals surface area contributed by atoms with Gasteiger partial charge in [-0.3, -0.25) is 9.00 Å². The molecular formula is C11H18O3S. The third-order valence-corrected chi connectivity index (χ3v) is 5.72. The highest BCUT2D eigenvalue weighted by atomic mass is 32.2. The Morgan fingerprint density at radius 1 is 1.33 bits per heavy atom. The topological polar surface area (TPSA) is 54.4 Å². The Hall–Kier alpha value is -0.380. The first-order valence-corrected chi connectivity index (χ1v) is 7.09. The second-order valence-electron chi connectivity index (χ2n) is 5.00. The molecule has 0 heterocycles. The summed E-state index contributed by atoms with van der Waals surface area (Å²) in [6.07, 6.45) is 6.68. The van der Waals surface area contributed by atoms with Crippen LogP contribution in [0.3, 0.4) is 0 Å². The Balaban J connectivity index is 1.85. The van der Waals surface area contributed by atoms with Crippen LogP contribution >= 0.6 is 0 Å². The molecule has 15 heavy (non-hydrogen) atoms. The minimum Gasteiger partial charge on any atom is -0.481 e. The molecule has 2 fully saturated rings. The van der Waals surface area contributed by atoms with Crippen molar-refractivity contribution in [2.24, 2.45) is 5.41 Å². The molecule has 0 aromatic carbocycles. The summed E-state index contributed by atoms with van der Waals surface area (Å²) in [4.78, 5) is 10.7. The van der Waals surface area contributed by atoms with E-state index in [0.717, 1.165) is 25.7 Å². The van der Waals surface area contributed by atoms with Crippen LogP contribution in [-0.2, 0) is 15.6 Å². The van der Waals surface area contributed by atoms with E-state index in [1.54, 1.807) is 0 Å². The minimum absolute atomic E-state index is 0.0979. The second-order valence-corrected chi connectivity index (χ2v) is 6.72. The SMILES string of the molecule is O=C(O)CC1(CS(=O)C2CCCC2)CC1. The molecule has 0 aromatic heterocycles. The van der Waals surface area contributed by atoms with Crippen molar-refractivity contribution in [1.82, 2.24) is 0 Å². The maximum Gasteiger partial charge on any atom is 0.303 e. The van der Waals surface area contributed by atoms with Crippen LogP contribution in [-0.4, -0.2) is 26.3 Å². The zero-order valence-electron chi connectivity index (χ0n) is 8.91. The van der Waals surface area contributed by atoms with E-state index in [2.05, 4.69) is 0 Å². The lowest BCUT2D eigenvalue weighted by atomic mass is 10.1. The highest BCUT2D eigenvalue weighted by Gasteiger charge is 2.46. The van der Waals surface area contributed by atoms with Crippen molar-refractivity contribution in [3.05, 3.63) is 0 Å². The summed E-state index contributed by atoms with van der Waals surface area (Å²) >= 11 is 0. The van der Waals surface area contributed by atoms with Crippen LogP contribution < -0.4 is 0 Å². The molecule has 0 saturated heterocycles. The molecule has 0 radical (unpaired) electrons. The highest BCUT2D eigenvalue weighted by Crippen LogP contribution is 2.50. The van der Waals surface area contributed by atoms with Gasteiger partial charge in [0.15, 0.2) is 0 Å². The van der Waals surface area contributed by atoms with Gasteiger partial charge in [-0.15, -0.1) is 0 Å². The van der Waals surface area contributed by atoms with E-state index in [4.69, 9.17) is 5.11 Å². The average Bonchev–Trinajstić information content (AvgIpc) is 2.68. The number of aliphatic carboxylic acids is 1. The third-order valence-electron chi connectivity index (χ3n) is 3.61. The average molecular weight is 230 g/mol. The first-order valence-electron chi connectivity index (χ1n) is 5.70. The lowest BCUT2D eigenvalue weighted by molar-refractivity contribution is -0.138.